The number of halogens is 2. The SMILES string of the molecule is Cc1nn(CC(=O)OC(C)(C)C)cc1-c1ccc(B2OC(C)(C)C(C)(C)O2)c(F)c1F. The van der Waals surface area contributed by atoms with Crippen molar-refractivity contribution in [3.05, 3.63) is 35.7 Å². The monoisotopic (exact) mass is 434 g/mol. The molecule has 1 aliphatic heterocycles. The van der Waals surface area contributed by atoms with Gasteiger partial charge in [-0.1, -0.05) is 12.1 Å². The Kier molecular flexibility index (Phi) is 5.82. The zero-order chi connectivity index (χ0) is 23.4. The van der Waals surface area contributed by atoms with Gasteiger partial charge in [-0.25, -0.2) is 8.78 Å². The molecule has 2 heterocycles. The van der Waals surface area contributed by atoms with Gasteiger partial charge in [0.15, 0.2) is 11.6 Å². The average molecular weight is 434 g/mol. The van der Waals surface area contributed by atoms with E-state index in [0.717, 1.165) is 0 Å². The summed E-state index contributed by atoms with van der Waals surface area (Å²) in [6, 6.07) is 2.93. The van der Waals surface area contributed by atoms with Gasteiger partial charge in [-0.05, 0) is 55.4 Å². The Morgan fingerprint density at radius 3 is 2.23 bits per heavy atom. The molecule has 0 bridgehead atoms. The van der Waals surface area contributed by atoms with E-state index in [4.69, 9.17) is 14.0 Å². The first-order valence-electron chi connectivity index (χ1n) is 10.2. The van der Waals surface area contributed by atoms with Crippen LogP contribution in [0.3, 0.4) is 0 Å². The largest absolute Gasteiger partial charge is 0.497 e. The fraction of sp³-hybridized carbons (Fsp3) is 0.545. The number of aryl methyl sites for hydroxylation is 1. The molecule has 1 fully saturated rings. The highest BCUT2D eigenvalue weighted by Crippen LogP contribution is 2.37. The van der Waals surface area contributed by atoms with Crippen molar-refractivity contribution in [2.45, 2.75) is 78.7 Å². The number of carbonyl (C=O) groups is 1. The van der Waals surface area contributed by atoms with E-state index >= 15 is 8.78 Å². The Labute approximate surface area is 182 Å². The van der Waals surface area contributed by atoms with Crippen LogP contribution >= 0.6 is 0 Å². The molecule has 0 atom stereocenters. The van der Waals surface area contributed by atoms with E-state index in [1.807, 2.05) is 27.7 Å². The third-order valence-corrected chi connectivity index (χ3v) is 5.57. The van der Waals surface area contributed by atoms with Gasteiger partial charge < -0.3 is 14.0 Å². The van der Waals surface area contributed by atoms with E-state index in [9.17, 15) is 4.79 Å². The second kappa shape index (κ2) is 7.71. The molecule has 31 heavy (non-hydrogen) atoms. The van der Waals surface area contributed by atoms with Crippen molar-refractivity contribution in [2.75, 3.05) is 0 Å². The van der Waals surface area contributed by atoms with Crippen molar-refractivity contribution in [1.29, 1.82) is 0 Å². The number of ether oxygens (including phenoxy) is 1. The minimum atomic E-state index is -1.03. The number of hydrogen-bond acceptors (Lipinski definition) is 5. The van der Waals surface area contributed by atoms with Crippen LogP contribution in [0.25, 0.3) is 11.1 Å². The van der Waals surface area contributed by atoms with Crippen molar-refractivity contribution in [2.24, 2.45) is 0 Å². The van der Waals surface area contributed by atoms with E-state index in [1.165, 1.54) is 23.0 Å². The predicted octanol–water partition coefficient (Wildman–Crippen LogP) is 3.78. The van der Waals surface area contributed by atoms with Gasteiger partial charge in [0.1, 0.15) is 12.1 Å². The van der Waals surface area contributed by atoms with Crippen molar-refractivity contribution in [3.63, 3.8) is 0 Å². The van der Waals surface area contributed by atoms with Crippen LogP contribution in [-0.4, -0.2) is 39.7 Å². The molecule has 0 radical (unpaired) electrons. The lowest BCUT2D eigenvalue weighted by Gasteiger charge is -2.32. The zero-order valence-electron chi connectivity index (χ0n) is 19.3. The maximum Gasteiger partial charge on any atom is 0.497 e. The zero-order valence-corrected chi connectivity index (χ0v) is 19.3. The summed E-state index contributed by atoms with van der Waals surface area (Å²) in [5.41, 5.74) is -1.06. The lowest BCUT2D eigenvalue weighted by atomic mass is 9.78. The molecule has 0 unspecified atom stereocenters. The molecule has 3 rings (SSSR count). The number of aromatic nitrogens is 2. The molecule has 2 aromatic rings. The molecule has 1 saturated heterocycles. The summed E-state index contributed by atoms with van der Waals surface area (Å²) in [7, 11) is -1.01. The standard InChI is InChI=1S/C22H29BF2N2O4/c1-13-15(11-27(26-13)12-17(28)29-20(2,3)4)14-9-10-16(19(25)18(14)24)23-30-21(5,6)22(7,8)31-23/h9-11H,12H2,1-8H3. The van der Waals surface area contributed by atoms with Crippen LogP contribution in [0.4, 0.5) is 8.78 Å². The van der Waals surface area contributed by atoms with Crippen LogP contribution in [0.15, 0.2) is 18.3 Å². The van der Waals surface area contributed by atoms with Crippen LogP contribution in [0.2, 0.25) is 0 Å². The van der Waals surface area contributed by atoms with Crippen LogP contribution in [0, 0.1) is 18.6 Å². The van der Waals surface area contributed by atoms with Gasteiger partial charge in [0.2, 0.25) is 0 Å². The third kappa shape index (κ3) is 4.67. The molecule has 0 amide bonds. The first kappa shape index (κ1) is 23.4. The Balaban J connectivity index is 1.88. The summed E-state index contributed by atoms with van der Waals surface area (Å²) in [5.74, 6) is -2.52. The van der Waals surface area contributed by atoms with Crippen molar-refractivity contribution in [3.8, 4) is 11.1 Å². The minimum Gasteiger partial charge on any atom is -0.459 e. The number of nitrogens with zero attached hydrogens (tertiary/aromatic N) is 2. The van der Waals surface area contributed by atoms with Crippen molar-refractivity contribution in [1.82, 2.24) is 9.78 Å². The fourth-order valence-electron chi connectivity index (χ4n) is 3.29. The quantitative estimate of drug-likeness (QED) is 0.542. The van der Waals surface area contributed by atoms with Gasteiger partial charge >= 0.3 is 13.1 Å². The van der Waals surface area contributed by atoms with E-state index in [1.54, 1.807) is 27.7 Å². The maximum absolute atomic E-state index is 15.0. The smallest absolute Gasteiger partial charge is 0.459 e. The van der Waals surface area contributed by atoms with E-state index in [-0.39, 0.29) is 17.6 Å². The maximum atomic E-state index is 15.0. The first-order valence-corrected chi connectivity index (χ1v) is 10.2. The van der Waals surface area contributed by atoms with E-state index < -0.39 is 41.5 Å². The van der Waals surface area contributed by atoms with Gasteiger partial charge in [-0.3, -0.25) is 9.48 Å². The molecule has 1 aromatic carbocycles. The fourth-order valence-corrected chi connectivity index (χ4v) is 3.29. The summed E-state index contributed by atoms with van der Waals surface area (Å²) in [5, 5.41) is 4.24. The third-order valence-electron chi connectivity index (χ3n) is 5.57. The number of carbonyl (C=O) groups excluding carboxylic acids is 1. The normalized spacial score (nSPS) is 17.8. The Bertz CT molecular complexity index is 996. The Morgan fingerprint density at radius 2 is 1.68 bits per heavy atom. The van der Waals surface area contributed by atoms with Crippen LogP contribution in [-0.2, 0) is 25.4 Å². The summed E-state index contributed by atoms with van der Waals surface area (Å²) in [4.78, 5) is 12.1. The number of hydrogen-bond donors (Lipinski definition) is 0. The predicted molar refractivity (Wildman–Crippen MR) is 114 cm³/mol. The summed E-state index contributed by atoms with van der Waals surface area (Å²) >= 11 is 0. The first-order chi connectivity index (χ1) is 14.1. The average Bonchev–Trinajstić information content (AvgIpc) is 3.04. The molecule has 0 saturated carbocycles. The lowest BCUT2D eigenvalue weighted by molar-refractivity contribution is -0.155. The van der Waals surface area contributed by atoms with Gasteiger partial charge in [-0.2, -0.15) is 5.10 Å². The molecule has 1 aliphatic rings. The second-order valence-corrected chi connectivity index (χ2v) is 9.83. The van der Waals surface area contributed by atoms with Crippen LogP contribution in [0.1, 0.15) is 54.2 Å². The van der Waals surface area contributed by atoms with Crippen molar-refractivity contribution >= 4 is 18.6 Å². The van der Waals surface area contributed by atoms with E-state index in [2.05, 4.69) is 5.10 Å². The van der Waals surface area contributed by atoms with Gasteiger partial charge in [0.25, 0.3) is 0 Å². The van der Waals surface area contributed by atoms with Gasteiger partial charge in [-0.15, -0.1) is 0 Å². The summed E-state index contributed by atoms with van der Waals surface area (Å²) < 4.78 is 48.4. The highest BCUT2D eigenvalue weighted by atomic mass is 19.2. The molecule has 1 aromatic heterocycles. The number of benzene rings is 1. The molecule has 0 N–H and O–H groups in total. The molecule has 168 valence electrons. The van der Waals surface area contributed by atoms with Gasteiger partial charge in [0.05, 0.1) is 16.9 Å². The topological polar surface area (TPSA) is 62.6 Å². The molecule has 9 heteroatoms. The minimum absolute atomic E-state index is 0.00120. The highest BCUT2D eigenvalue weighted by Gasteiger charge is 2.52. The number of rotatable bonds is 4. The van der Waals surface area contributed by atoms with E-state index in [0.29, 0.717) is 11.3 Å². The van der Waals surface area contributed by atoms with Crippen LogP contribution < -0.4 is 5.46 Å². The van der Waals surface area contributed by atoms with Crippen molar-refractivity contribution < 1.29 is 27.6 Å². The summed E-state index contributed by atoms with van der Waals surface area (Å²) in [6.07, 6.45) is 1.51. The second-order valence-electron chi connectivity index (χ2n) is 9.83. The molecular formula is C22H29BF2N2O4. The van der Waals surface area contributed by atoms with Gasteiger partial charge in [0, 0.05) is 22.8 Å². The summed E-state index contributed by atoms with van der Waals surface area (Å²) in [6.45, 7) is 14.2. The molecule has 0 aliphatic carbocycles. The number of esters is 1. The lowest BCUT2D eigenvalue weighted by Crippen LogP contribution is -2.41. The molecular weight excluding hydrogens is 405 g/mol. The molecule has 6 nitrogen and oxygen atoms in total. The Morgan fingerprint density at radius 1 is 1.10 bits per heavy atom. The molecule has 0 spiro atoms. The van der Waals surface area contributed by atoms with Crippen LogP contribution in [0.5, 0.6) is 0 Å². The Hall–Kier alpha value is -2.26. The highest BCUT2D eigenvalue weighted by molar-refractivity contribution is 6.62.